The number of benzene rings is 1. The molecule has 0 saturated carbocycles. The Balaban J connectivity index is 1.73. The maximum Gasteiger partial charge on any atom is 0.287 e. The van der Waals surface area contributed by atoms with E-state index in [9.17, 15) is 9.59 Å². The van der Waals surface area contributed by atoms with Crippen LogP contribution in [0.5, 0.6) is 0 Å². The lowest BCUT2D eigenvalue weighted by Gasteiger charge is -2.07. The number of halogens is 2. The third kappa shape index (κ3) is 4.50. The average Bonchev–Trinajstić information content (AvgIpc) is 3.20. The first kappa shape index (κ1) is 19.4. The Morgan fingerprint density at radius 1 is 1.19 bits per heavy atom. The van der Waals surface area contributed by atoms with E-state index in [1.165, 1.54) is 18.3 Å². The molecule has 0 atom stereocenters. The summed E-state index contributed by atoms with van der Waals surface area (Å²) in [5.41, 5.74) is 1.34. The van der Waals surface area contributed by atoms with E-state index in [0.717, 1.165) is 4.88 Å². The first-order valence-electron chi connectivity index (χ1n) is 7.91. The largest absolute Gasteiger partial charge is 0.450 e. The van der Waals surface area contributed by atoms with Gasteiger partial charge in [0.2, 0.25) is 5.91 Å². The second-order valence-corrected chi connectivity index (χ2v) is 7.47. The quantitative estimate of drug-likeness (QED) is 0.610. The molecular weight excluding hydrogens is 409 g/mol. The SMILES string of the molecule is CC(=O)Nc1nc(C)c(-c2ccc(C(=O)NCc3c(Cl)cccc3Cl)o2)s1. The minimum absolute atomic E-state index is 0.155. The highest BCUT2D eigenvalue weighted by atomic mass is 35.5. The van der Waals surface area contributed by atoms with E-state index in [1.807, 2.05) is 0 Å². The molecule has 27 heavy (non-hydrogen) atoms. The number of aromatic nitrogens is 1. The van der Waals surface area contributed by atoms with Crippen LogP contribution < -0.4 is 10.6 Å². The summed E-state index contributed by atoms with van der Waals surface area (Å²) >= 11 is 13.5. The first-order valence-corrected chi connectivity index (χ1v) is 9.48. The van der Waals surface area contributed by atoms with E-state index >= 15 is 0 Å². The number of anilines is 1. The number of rotatable bonds is 5. The molecule has 9 heteroatoms. The highest BCUT2D eigenvalue weighted by Crippen LogP contribution is 2.34. The number of hydrogen-bond donors (Lipinski definition) is 2. The Hall–Kier alpha value is -2.35. The fourth-order valence-electron chi connectivity index (χ4n) is 2.37. The smallest absolute Gasteiger partial charge is 0.287 e. The third-order valence-corrected chi connectivity index (χ3v) is 5.42. The summed E-state index contributed by atoms with van der Waals surface area (Å²) in [5.74, 6) is 0.0686. The van der Waals surface area contributed by atoms with Gasteiger partial charge in [-0.25, -0.2) is 4.98 Å². The van der Waals surface area contributed by atoms with Crippen LogP contribution in [-0.2, 0) is 11.3 Å². The molecule has 2 amide bonds. The van der Waals surface area contributed by atoms with Crippen molar-refractivity contribution in [2.24, 2.45) is 0 Å². The Bertz CT molecular complexity index is 993. The van der Waals surface area contributed by atoms with Crippen molar-refractivity contribution in [1.29, 1.82) is 0 Å². The number of carbonyl (C=O) groups excluding carboxylic acids is 2. The van der Waals surface area contributed by atoms with Gasteiger partial charge in [0.25, 0.3) is 5.91 Å². The number of furan rings is 1. The van der Waals surface area contributed by atoms with Crippen molar-refractivity contribution in [2.75, 3.05) is 5.32 Å². The molecule has 2 aromatic heterocycles. The monoisotopic (exact) mass is 423 g/mol. The van der Waals surface area contributed by atoms with E-state index < -0.39 is 0 Å². The molecule has 3 aromatic rings. The zero-order valence-corrected chi connectivity index (χ0v) is 16.8. The van der Waals surface area contributed by atoms with Gasteiger partial charge in [-0.1, -0.05) is 40.6 Å². The third-order valence-electron chi connectivity index (χ3n) is 3.62. The lowest BCUT2D eigenvalue weighted by molar-refractivity contribution is -0.114. The number of carbonyl (C=O) groups is 2. The van der Waals surface area contributed by atoms with Gasteiger partial charge in [-0.2, -0.15) is 0 Å². The molecule has 0 unspecified atom stereocenters. The minimum Gasteiger partial charge on any atom is -0.450 e. The summed E-state index contributed by atoms with van der Waals surface area (Å²) < 4.78 is 5.66. The van der Waals surface area contributed by atoms with Crippen molar-refractivity contribution < 1.29 is 14.0 Å². The van der Waals surface area contributed by atoms with Gasteiger partial charge in [-0.15, -0.1) is 0 Å². The summed E-state index contributed by atoms with van der Waals surface area (Å²) in [6, 6.07) is 8.42. The van der Waals surface area contributed by atoms with Crippen LogP contribution in [0.2, 0.25) is 10.0 Å². The zero-order chi connectivity index (χ0) is 19.6. The van der Waals surface area contributed by atoms with Gasteiger partial charge in [-0.3, -0.25) is 9.59 Å². The predicted octanol–water partition coefficient (Wildman–Crippen LogP) is 4.91. The molecule has 0 aliphatic heterocycles. The summed E-state index contributed by atoms with van der Waals surface area (Å²) in [5, 5.41) is 6.81. The van der Waals surface area contributed by atoms with Gasteiger partial charge in [0.05, 0.1) is 10.6 Å². The van der Waals surface area contributed by atoms with Crippen molar-refractivity contribution in [3.8, 4) is 10.6 Å². The summed E-state index contributed by atoms with van der Waals surface area (Å²) in [6.07, 6.45) is 0. The van der Waals surface area contributed by atoms with Crippen LogP contribution in [0.15, 0.2) is 34.7 Å². The van der Waals surface area contributed by atoms with Crippen LogP contribution in [0.3, 0.4) is 0 Å². The maximum absolute atomic E-state index is 12.4. The van der Waals surface area contributed by atoms with Gasteiger partial charge in [-0.05, 0) is 31.2 Å². The zero-order valence-electron chi connectivity index (χ0n) is 14.4. The standard InChI is InChI=1S/C18H15Cl2N3O3S/c1-9-16(27-18(22-9)23-10(2)24)14-6-7-15(26-14)17(25)21-8-11-12(19)4-3-5-13(11)20/h3-7H,8H2,1-2H3,(H,21,25)(H,22,23,24). The first-order chi connectivity index (χ1) is 12.8. The van der Waals surface area contributed by atoms with Crippen molar-refractivity contribution in [3.05, 3.63) is 57.4 Å². The summed E-state index contributed by atoms with van der Waals surface area (Å²) in [7, 11) is 0. The molecule has 0 bridgehead atoms. The van der Waals surface area contributed by atoms with Crippen LogP contribution in [-0.4, -0.2) is 16.8 Å². The van der Waals surface area contributed by atoms with Crippen molar-refractivity contribution in [3.63, 3.8) is 0 Å². The van der Waals surface area contributed by atoms with Crippen LogP contribution >= 0.6 is 34.5 Å². The van der Waals surface area contributed by atoms with E-state index in [1.54, 1.807) is 37.3 Å². The number of amides is 2. The maximum atomic E-state index is 12.4. The molecule has 140 valence electrons. The fraction of sp³-hybridized carbons (Fsp3) is 0.167. The average molecular weight is 424 g/mol. The fourth-order valence-corrected chi connectivity index (χ4v) is 3.87. The highest BCUT2D eigenvalue weighted by molar-refractivity contribution is 7.19. The Morgan fingerprint density at radius 3 is 2.56 bits per heavy atom. The molecule has 2 heterocycles. The van der Waals surface area contributed by atoms with Gasteiger partial charge in [0, 0.05) is 29.1 Å². The van der Waals surface area contributed by atoms with E-state index in [-0.39, 0.29) is 24.1 Å². The predicted molar refractivity (Wildman–Crippen MR) is 106 cm³/mol. The molecule has 2 N–H and O–H groups in total. The molecule has 0 fully saturated rings. The van der Waals surface area contributed by atoms with Gasteiger partial charge in [0.1, 0.15) is 5.76 Å². The van der Waals surface area contributed by atoms with Crippen LogP contribution in [0, 0.1) is 6.92 Å². The molecule has 0 saturated heterocycles. The van der Waals surface area contributed by atoms with Gasteiger partial charge in [0.15, 0.2) is 10.9 Å². The number of thiazole rings is 1. The van der Waals surface area contributed by atoms with Gasteiger partial charge < -0.3 is 15.1 Å². The molecule has 3 rings (SSSR count). The lowest BCUT2D eigenvalue weighted by Crippen LogP contribution is -2.22. The van der Waals surface area contributed by atoms with Crippen molar-refractivity contribution >= 4 is 51.5 Å². The summed E-state index contributed by atoms with van der Waals surface area (Å²) in [6.45, 7) is 3.40. The van der Waals surface area contributed by atoms with E-state index in [0.29, 0.717) is 32.2 Å². The molecule has 6 nitrogen and oxygen atoms in total. The van der Waals surface area contributed by atoms with Crippen LogP contribution in [0.1, 0.15) is 28.7 Å². The van der Waals surface area contributed by atoms with Crippen LogP contribution in [0.25, 0.3) is 10.6 Å². The lowest BCUT2D eigenvalue weighted by atomic mass is 10.2. The number of nitrogens with zero attached hydrogens (tertiary/aromatic N) is 1. The topological polar surface area (TPSA) is 84.2 Å². The molecule has 0 aliphatic rings. The number of hydrogen-bond acceptors (Lipinski definition) is 5. The molecule has 0 radical (unpaired) electrons. The molecule has 1 aromatic carbocycles. The Labute approximate surface area is 169 Å². The number of nitrogens with one attached hydrogen (secondary N) is 2. The molecule has 0 aliphatic carbocycles. The second-order valence-electron chi connectivity index (χ2n) is 5.66. The highest BCUT2D eigenvalue weighted by Gasteiger charge is 2.17. The minimum atomic E-state index is -0.388. The second kappa shape index (κ2) is 8.12. The number of aryl methyl sites for hydroxylation is 1. The normalized spacial score (nSPS) is 10.7. The van der Waals surface area contributed by atoms with Crippen LogP contribution in [0.4, 0.5) is 5.13 Å². The summed E-state index contributed by atoms with van der Waals surface area (Å²) in [4.78, 5) is 28.5. The van der Waals surface area contributed by atoms with Gasteiger partial charge >= 0.3 is 0 Å². The van der Waals surface area contributed by atoms with E-state index in [2.05, 4.69) is 15.6 Å². The molecule has 0 spiro atoms. The molecular formula is C18H15Cl2N3O3S. The Kier molecular flexibility index (Phi) is 5.84. The van der Waals surface area contributed by atoms with Crippen molar-refractivity contribution in [2.45, 2.75) is 20.4 Å². The van der Waals surface area contributed by atoms with Crippen molar-refractivity contribution in [1.82, 2.24) is 10.3 Å². The van der Waals surface area contributed by atoms with E-state index in [4.69, 9.17) is 27.6 Å². The Morgan fingerprint density at radius 2 is 1.89 bits per heavy atom.